The standard InChI is InChI=1S/C17H23N5O2/c1-23-9-7-15-20-17(24-21-15)12-4-3-8-22(10-12)16-13-5-2-6-14(13)18-11-19-16/h11-12H,2-10H2,1H3/t12-/m1/s1. The van der Waals surface area contributed by atoms with E-state index in [1.807, 2.05) is 0 Å². The van der Waals surface area contributed by atoms with Crippen LogP contribution < -0.4 is 4.90 Å². The molecule has 2 aromatic heterocycles. The van der Waals surface area contributed by atoms with Crippen LogP contribution >= 0.6 is 0 Å². The fraction of sp³-hybridized carbons (Fsp3) is 0.647. The number of fused-ring (bicyclic) bond motifs is 1. The first-order chi connectivity index (χ1) is 11.8. The largest absolute Gasteiger partial charge is 0.384 e. The molecule has 0 spiro atoms. The number of ether oxygens (including phenoxy) is 1. The van der Waals surface area contributed by atoms with Gasteiger partial charge in [-0.15, -0.1) is 0 Å². The molecule has 0 unspecified atom stereocenters. The van der Waals surface area contributed by atoms with Crippen LogP contribution in [0.15, 0.2) is 10.9 Å². The van der Waals surface area contributed by atoms with Crippen LogP contribution in [0.5, 0.6) is 0 Å². The maximum absolute atomic E-state index is 5.50. The number of methoxy groups -OCH3 is 1. The van der Waals surface area contributed by atoms with Gasteiger partial charge in [-0.1, -0.05) is 5.16 Å². The highest BCUT2D eigenvalue weighted by Gasteiger charge is 2.29. The van der Waals surface area contributed by atoms with E-state index in [0.29, 0.717) is 13.0 Å². The molecule has 0 amide bonds. The van der Waals surface area contributed by atoms with Crippen LogP contribution in [0.25, 0.3) is 0 Å². The van der Waals surface area contributed by atoms with E-state index < -0.39 is 0 Å². The molecule has 1 fully saturated rings. The van der Waals surface area contributed by atoms with Crippen molar-refractivity contribution in [2.75, 3.05) is 31.7 Å². The highest BCUT2D eigenvalue weighted by Crippen LogP contribution is 2.33. The quantitative estimate of drug-likeness (QED) is 0.829. The molecule has 0 aromatic carbocycles. The summed E-state index contributed by atoms with van der Waals surface area (Å²) in [6.07, 6.45) is 7.94. The lowest BCUT2D eigenvalue weighted by molar-refractivity contribution is 0.199. The summed E-state index contributed by atoms with van der Waals surface area (Å²) in [5, 5.41) is 4.07. The molecule has 7 heteroatoms. The van der Waals surface area contributed by atoms with Crippen molar-refractivity contribution in [3.05, 3.63) is 29.3 Å². The van der Waals surface area contributed by atoms with Crippen molar-refractivity contribution in [3.8, 4) is 0 Å². The number of hydrogen-bond donors (Lipinski definition) is 0. The first-order valence-electron chi connectivity index (χ1n) is 8.74. The third kappa shape index (κ3) is 3.00. The molecule has 2 aliphatic rings. The van der Waals surface area contributed by atoms with Gasteiger partial charge in [0, 0.05) is 37.9 Å². The number of nitrogens with zero attached hydrogens (tertiary/aromatic N) is 5. The van der Waals surface area contributed by atoms with Crippen molar-refractivity contribution in [2.45, 2.75) is 44.4 Å². The van der Waals surface area contributed by atoms with E-state index in [0.717, 1.165) is 56.3 Å². The van der Waals surface area contributed by atoms with Crippen LogP contribution in [0.1, 0.15) is 48.2 Å². The van der Waals surface area contributed by atoms with Gasteiger partial charge in [-0.3, -0.25) is 0 Å². The Bertz CT molecular complexity index is 702. The minimum atomic E-state index is 0.273. The molecule has 7 nitrogen and oxygen atoms in total. The summed E-state index contributed by atoms with van der Waals surface area (Å²) in [6, 6.07) is 0. The summed E-state index contributed by atoms with van der Waals surface area (Å²) in [5.41, 5.74) is 2.56. The Balaban J connectivity index is 1.50. The molecule has 1 saturated heterocycles. The lowest BCUT2D eigenvalue weighted by Gasteiger charge is -2.32. The van der Waals surface area contributed by atoms with E-state index in [4.69, 9.17) is 9.26 Å². The molecule has 4 rings (SSSR count). The lowest BCUT2D eigenvalue weighted by atomic mass is 9.97. The van der Waals surface area contributed by atoms with Crippen molar-refractivity contribution in [2.24, 2.45) is 0 Å². The molecule has 3 heterocycles. The summed E-state index contributed by atoms with van der Waals surface area (Å²) >= 11 is 0. The van der Waals surface area contributed by atoms with E-state index in [2.05, 4.69) is 25.0 Å². The van der Waals surface area contributed by atoms with Crippen molar-refractivity contribution >= 4 is 5.82 Å². The molecule has 0 radical (unpaired) electrons. The normalized spacial score (nSPS) is 20.4. The first-order valence-corrected chi connectivity index (χ1v) is 8.74. The number of aromatic nitrogens is 4. The molecule has 2 aromatic rings. The van der Waals surface area contributed by atoms with E-state index in [1.54, 1.807) is 13.4 Å². The number of piperidine rings is 1. The second-order valence-corrected chi connectivity index (χ2v) is 6.55. The highest BCUT2D eigenvalue weighted by atomic mass is 16.5. The van der Waals surface area contributed by atoms with Crippen molar-refractivity contribution in [1.29, 1.82) is 0 Å². The Morgan fingerprint density at radius 1 is 1.29 bits per heavy atom. The van der Waals surface area contributed by atoms with Crippen LogP contribution in [-0.2, 0) is 24.0 Å². The Hall–Kier alpha value is -2.02. The molecule has 1 aliphatic carbocycles. The van der Waals surface area contributed by atoms with E-state index >= 15 is 0 Å². The number of anilines is 1. The van der Waals surface area contributed by atoms with E-state index in [1.165, 1.54) is 17.7 Å². The number of hydrogen-bond acceptors (Lipinski definition) is 7. The Labute approximate surface area is 141 Å². The van der Waals surface area contributed by atoms with Gasteiger partial charge in [0.1, 0.15) is 12.1 Å². The number of rotatable bonds is 5. The lowest BCUT2D eigenvalue weighted by Crippen LogP contribution is -2.35. The fourth-order valence-electron chi connectivity index (χ4n) is 3.71. The minimum Gasteiger partial charge on any atom is -0.384 e. The molecule has 0 saturated carbocycles. The molecular weight excluding hydrogens is 306 g/mol. The van der Waals surface area contributed by atoms with Gasteiger partial charge in [0.05, 0.1) is 12.5 Å². The Morgan fingerprint density at radius 3 is 3.17 bits per heavy atom. The van der Waals surface area contributed by atoms with Gasteiger partial charge >= 0.3 is 0 Å². The van der Waals surface area contributed by atoms with Crippen molar-refractivity contribution in [3.63, 3.8) is 0 Å². The summed E-state index contributed by atoms with van der Waals surface area (Å²) in [5.74, 6) is 2.86. The summed E-state index contributed by atoms with van der Waals surface area (Å²) < 4.78 is 10.6. The zero-order chi connectivity index (χ0) is 16.4. The monoisotopic (exact) mass is 329 g/mol. The predicted octanol–water partition coefficient (Wildman–Crippen LogP) is 1.92. The molecule has 0 N–H and O–H groups in total. The van der Waals surface area contributed by atoms with Gasteiger partial charge in [-0.2, -0.15) is 4.98 Å². The van der Waals surface area contributed by atoms with E-state index in [9.17, 15) is 0 Å². The van der Waals surface area contributed by atoms with Gasteiger partial charge in [-0.05, 0) is 32.1 Å². The molecular formula is C17H23N5O2. The van der Waals surface area contributed by atoms with E-state index in [-0.39, 0.29) is 5.92 Å². The number of aryl methyl sites for hydroxylation is 1. The maximum atomic E-state index is 5.50. The van der Waals surface area contributed by atoms with Crippen molar-refractivity contribution < 1.29 is 9.26 Å². The van der Waals surface area contributed by atoms with Crippen LogP contribution in [0.3, 0.4) is 0 Å². The zero-order valence-corrected chi connectivity index (χ0v) is 14.1. The minimum absolute atomic E-state index is 0.273. The van der Waals surface area contributed by atoms with Crippen LogP contribution in [0.2, 0.25) is 0 Å². The Kier molecular flexibility index (Phi) is 4.42. The summed E-state index contributed by atoms with van der Waals surface area (Å²) in [6.45, 7) is 2.53. The SMILES string of the molecule is COCCc1noc([C@@H]2CCCN(c3ncnc4c3CCC4)C2)n1. The molecule has 24 heavy (non-hydrogen) atoms. The van der Waals surface area contributed by atoms with Crippen LogP contribution in [0, 0.1) is 0 Å². The molecule has 128 valence electrons. The zero-order valence-electron chi connectivity index (χ0n) is 14.1. The molecule has 1 aliphatic heterocycles. The van der Waals surface area contributed by atoms with Gasteiger partial charge in [-0.25, -0.2) is 9.97 Å². The van der Waals surface area contributed by atoms with Gasteiger partial charge in [0.15, 0.2) is 5.82 Å². The van der Waals surface area contributed by atoms with Crippen LogP contribution in [0.4, 0.5) is 5.82 Å². The van der Waals surface area contributed by atoms with Crippen LogP contribution in [-0.4, -0.2) is 46.9 Å². The predicted molar refractivity (Wildman–Crippen MR) is 88.1 cm³/mol. The molecule has 1 atom stereocenters. The summed E-state index contributed by atoms with van der Waals surface area (Å²) in [7, 11) is 1.68. The first kappa shape index (κ1) is 15.5. The average Bonchev–Trinajstić information content (AvgIpc) is 3.29. The summed E-state index contributed by atoms with van der Waals surface area (Å²) in [4.78, 5) is 15.9. The second kappa shape index (κ2) is 6.84. The van der Waals surface area contributed by atoms with Crippen molar-refractivity contribution in [1.82, 2.24) is 20.1 Å². The second-order valence-electron chi connectivity index (χ2n) is 6.55. The smallest absolute Gasteiger partial charge is 0.231 e. The average molecular weight is 329 g/mol. The highest BCUT2D eigenvalue weighted by molar-refractivity contribution is 5.51. The topological polar surface area (TPSA) is 77.2 Å². The van der Waals surface area contributed by atoms with Gasteiger partial charge < -0.3 is 14.2 Å². The maximum Gasteiger partial charge on any atom is 0.231 e. The molecule has 0 bridgehead atoms. The van der Waals surface area contributed by atoms with Gasteiger partial charge in [0.2, 0.25) is 5.89 Å². The third-order valence-electron chi connectivity index (χ3n) is 4.94. The Morgan fingerprint density at radius 2 is 2.25 bits per heavy atom. The van der Waals surface area contributed by atoms with Gasteiger partial charge in [0.25, 0.3) is 0 Å². The fourth-order valence-corrected chi connectivity index (χ4v) is 3.71. The third-order valence-corrected chi connectivity index (χ3v) is 4.94.